The van der Waals surface area contributed by atoms with E-state index in [-0.39, 0.29) is 0 Å². The highest BCUT2D eigenvalue weighted by molar-refractivity contribution is 7.71. The largest absolute Gasteiger partial charge is 0.337 e. The first kappa shape index (κ1) is 11.7. The number of hydrogen-bond donors (Lipinski definition) is 1. The topological polar surface area (TPSA) is 20.7 Å². The van der Waals surface area contributed by atoms with Gasteiger partial charge in [-0.25, -0.2) is 0 Å². The number of rotatable bonds is 2. The lowest BCUT2D eigenvalue weighted by Gasteiger charge is -2.07. The van der Waals surface area contributed by atoms with Crippen molar-refractivity contribution in [2.75, 3.05) is 0 Å². The van der Waals surface area contributed by atoms with Crippen molar-refractivity contribution < 1.29 is 0 Å². The molecule has 0 bridgehead atoms. The second-order valence-corrected chi connectivity index (χ2v) is 4.57. The number of halogens is 2. The Bertz CT molecular complexity index is 572. The fourth-order valence-electron chi connectivity index (χ4n) is 1.57. The molecule has 0 saturated carbocycles. The molecule has 1 aromatic carbocycles. The number of aryl methyl sites for hydroxylation is 1. The van der Waals surface area contributed by atoms with Gasteiger partial charge in [-0.15, -0.1) is 0 Å². The van der Waals surface area contributed by atoms with E-state index in [1.165, 1.54) is 0 Å². The number of imidazole rings is 1. The molecule has 1 aromatic heterocycles. The van der Waals surface area contributed by atoms with Crippen molar-refractivity contribution in [2.24, 2.45) is 0 Å². The van der Waals surface area contributed by atoms with Gasteiger partial charge >= 0.3 is 0 Å². The average Bonchev–Trinajstić information content (AvgIpc) is 2.64. The maximum absolute atomic E-state index is 5.99. The number of aromatic amines is 1. The van der Waals surface area contributed by atoms with Crippen molar-refractivity contribution in [3.63, 3.8) is 0 Å². The number of nitrogens with zero attached hydrogens (tertiary/aromatic N) is 1. The lowest BCUT2D eigenvalue weighted by Crippen LogP contribution is -1.98. The quantitative estimate of drug-likeness (QED) is 0.804. The first-order valence-corrected chi connectivity index (χ1v) is 6.04. The number of H-pyrrole nitrogens is 1. The minimum Gasteiger partial charge on any atom is -0.337 e. The predicted octanol–water partition coefficient (Wildman–Crippen LogP) is 4.40. The van der Waals surface area contributed by atoms with Crippen molar-refractivity contribution in [1.82, 2.24) is 9.55 Å². The Kier molecular flexibility index (Phi) is 3.38. The smallest absolute Gasteiger partial charge is 0.182 e. The van der Waals surface area contributed by atoms with E-state index in [0.29, 0.717) is 14.8 Å². The maximum Gasteiger partial charge on any atom is 0.182 e. The van der Waals surface area contributed by atoms with Crippen molar-refractivity contribution in [3.8, 4) is 5.69 Å². The molecule has 84 valence electrons. The third kappa shape index (κ3) is 2.03. The molecule has 5 heteroatoms. The average molecular weight is 273 g/mol. The van der Waals surface area contributed by atoms with Crippen LogP contribution in [0.4, 0.5) is 0 Å². The van der Waals surface area contributed by atoms with Crippen LogP contribution in [0.25, 0.3) is 5.69 Å². The minimum absolute atomic E-state index is 0.532. The molecule has 0 saturated heterocycles. The third-order valence-electron chi connectivity index (χ3n) is 2.38. The minimum atomic E-state index is 0.532. The molecule has 1 N–H and O–H groups in total. The van der Waals surface area contributed by atoms with Crippen LogP contribution in [0.1, 0.15) is 12.6 Å². The zero-order valence-electron chi connectivity index (χ0n) is 8.63. The van der Waals surface area contributed by atoms with Crippen molar-refractivity contribution >= 4 is 35.4 Å². The van der Waals surface area contributed by atoms with E-state index in [2.05, 4.69) is 11.9 Å². The van der Waals surface area contributed by atoms with Crippen LogP contribution >= 0.6 is 35.4 Å². The highest BCUT2D eigenvalue weighted by atomic mass is 35.5. The molecular weight excluding hydrogens is 263 g/mol. The van der Waals surface area contributed by atoms with Gasteiger partial charge in [0.05, 0.1) is 10.0 Å². The molecule has 0 fully saturated rings. The van der Waals surface area contributed by atoms with Crippen LogP contribution < -0.4 is 0 Å². The molecule has 0 unspecified atom stereocenters. The van der Waals surface area contributed by atoms with E-state index in [1.54, 1.807) is 6.07 Å². The van der Waals surface area contributed by atoms with E-state index >= 15 is 0 Å². The fraction of sp³-hybridized carbons (Fsp3) is 0.182. The molecule has 0 atom stereocenters. The number of aromatic nitrogens is 2. The van der Waals surface area contributed by atoms with E-state index < -0.39 is 0 Å². The van der Waals surface area contributed by atoms with Gasteiger partial charge in [0.25, 0.3) is 0 Å². The molecule has 0 amide bonds. The summed E-state index contributed by atoms with van der Waals surface area (Å²) in [5.74, 6) is 0. The van der Waals surface area contributed by atoms with E-state index in [4.69, 9.17) is 35.4 Å². The van der Waals surface area contributed by atoms with E-state index in [1.807, 2.05) is 22.9 Å². The highest BCUT2D eigenvalue weighted by Gasteiger charge is 2.06. The van der Waals surface area contributed by atoms with Gasteiger partial charge in [-0.3, -0.25) is 4.57 Å². The van der Waals surface area contributed by atoms with Crippen LogP contribution in [0.5, 0.6) is 0 Å². The second-order valence-electron chi connectivity index (χ2n) is 3.37. The van der Waals surface area contributed by atoms with Crippen LogP contribution in [0.15, 0.2) is 24.4 Å². The summed E-state index contributed by atoms with van der Waals surface area (Å²) >= 11 is 17.1. The van der Waals surface area contributed by atoms with Crippen LogP contribution in [-0.4, -0.2) is 9.55 Å². The number of benzene rings is 1. The summed E-state index contributed by atoms with van der Waals surface area (Å²) in [6.07, 6.45) is 2.80. The predicted molar refractivity (Wildman–Crippen MR) is 70.4 cm³/mol. The van der Waals surface area contributed by atoms with Gasteiger partial charge in [-0.1, -0.05) is 30.1 Å². The lowest BCUT2D eigenvalue weighted by atomic mass is 10.3. The Hall–Kier alpha value is -0.770. The van der Waals surface area contributed by atoms with Gasteiger partial charge in [0, 0.05) is 17.6 Å². The summed E-state index contributed by atoms with van der Waals surface area (Å²) in [6.45, 7) is 2.08. The zero-order valence-corrected chi connectivity index (χ0v) is 11.0. The monoisotopic (exact) mass is 272 g/mol. The Morgan fingerprint density at radius 1 is 1.31 bits per heavy atom. The van der Waals surface area contributed by atoms with Crippen LogP contribution in [0, 0.1) is 4.77 Å². The van der Waals surface area contributed by atoms with Crippen molar-refractivity contribution in [3.05, 3.63) is 44.9 Å². The van der Waals surface area contributed by atoms with Crippen molar-refractivity contribution in [1.29, 1.82) is 0 Å². The first-order chi connectivity index (χ1) is 7.63. The summed E-state index contributed by atoms with van der Waals surface area (Å²) in [7, 11) is 0. The maximum atomic E-state index is 5.99. The molecule has 0 aliphatic heterocycles. The molecule has 0 aliphatic carbocycles. The number of hydrogen-bond acceptors (Lipinski definition) is 1. The van der Waals surface area contributed by atoms with Gasteiger partial charge in [0.2, 0.25) is 0 Å². The summed E-state index contributed by atoms with van der Waals surface area (Å²) in [4.78, 5) is 3.02. The molecule has 0 aliphatic rings. The summed E-state index contributed by atoms with van der Waals surface area (Å²) in [5, 5.41) is 1.08. The molecule has 1 heterocycles. The van der Waals surface area contributed by atoms with Gasteiger partial charge in [-0.05, 0) is 36.8 Å². The van der Waals surface area contributed by atoms with E-state index in [0.717, 1.165) is 17.8 Å². The summed E-state index contributed by atoms with van der Waals surface area (Å²) < 4.78 is 2.62. The number of nitrogens with one attached hydrogen (secondary N) is 1. The second kappa shape index (κ2) is 4.62. The summed E-state index contributed by atoms with van der Waals surface area (Å²) in [6, 6.07) is 5.48. The van der Waals surface area contributed by atoms with Crippen molar-refractivity contribution in [2.45, 2.75) is 13.3 Å². The standard InChI is InChI=1S/C11H10Cl2N2S/c1-2-7-6-14-11(16)15(7)8-3-4-9(12)10(13)5-8/h3-6H,2H2,1H3,(H,14,16). The molecular formula is C11H10Cl2N2S. The van der Waals surface area contributed by atoms with E-state index in [9.17, 15) is 0 Å². The fourth-order valence-corrected chi connectivity index (χ4v) is 2.15. The molecule has 2 nitrogen and oxygen atoms in total. The van der Waals surface area contributed by atoms with Gasteiger partial charge < -0.3 is 4.98 Å². The molecule has 16 heavy (non-hydrogen) atoms. The Morgan fingerprint density at radius 2 is 2.06 bits per heavy atom. The highest BCUT2D eigenvalue weighted by Crippen LogP contribution is 2.25. The first-order valence-electron chi connectivity index (χ1n) is 4.88. The molecule has 0 spiro atoms. The Labute approximate surface area is 109 Å². The van der Waals surface area contributed by atoms with Gasteiger partial charge in [-0.2, -0.15) is 0 Å². The van der Waals surface area contributed by atoms with Crippen LogP contribution in [0.2, 0.25) is 10.0 Å². The van der Waals surface area contributed by atoms with Crippen LogP contribution in [0.3, 0.4) is 0 Å². The third-order valence-corrected chi connectivity index (χ3v) is 3.42. The Balaban J connectivity index is 2.62. The zero-order chi connectivity index (χ0) is 11.7. The summed E-state index contributed by atoms with van der Waals surface area (Å²) in [5.41, 5.74) is 2.04. The Morgan fingerprint density at radius 3 is 2.69 bits per heavy atom. The normalized spacial score (nSPS) is 10.7. The lowest BCUT2D eigenvalue weighted by molar-refractivity contribution is 0.922. The SMILES string of the molecule is CCc1c[nH]c(=S)n1-c1ccc(Cl)c(Cl)c1. The molecule has 2 aromatic rings. The van der Waals surface area contributed by atoms with Crippen LogP contribution in [-0.2, 0) is 6.42 Å². The van der Waals surface area contributed by atoms with Gasteiger partial charge in [0.15, 0.2) is 4.77 Å². The molecule has 2 rings (SSSR count). The van der Waals surface area contributed by atoms with Gasteiger partial charge in [0.1, 0.15) is 0 Å². The molecule has 0 radical (unpaired) electrons.